The van der Waals surface area contributed by atoms with Crippen LogP contribution < -0.4 is 25.8 Å². The second-order valence-electron chi connectivity index (χ2n) is 8.21. The number of nitrogens with one attached hydrogen (secondary N) is 3. The Morgan fingerprint density at radius 2 is 2.03 bits per heavy atom. The molecule has 5 rings (SSSR count). The molecule has 4 aromatic rings. The summed E-state index contributed by atoms with van der Waals surface area (Å²) in [6.07, 6.45) is 2.40. The van der Waals surface area contributed by atoms with Crippen molar-refractivity contribution in [3.05, 3.63) is 76.9 Å². The van der Waals surface area contributed by atoms with Gasteiger partial charge in [-0.15, -0.1) is 0 Å². The number of carboxylic acids is 1. The molecule has 0 aliphatic carbocycles. The van der Waals surface area contributed by atoms with Crippen LogP contribution in [0.15, 0.2) is 48.9 Å². The highest BCUT2D eigenvalue weighted by atomic mass is 16.5. The number of amides is 2. The van der Waals surface area contributed by atoms with Crippen LogP contribution in [0.2, 0.25) is 0 Å². The molecule has 12 heteroatoms. The minimum atomic E-state index is -1.17. The fourth-order valence-corrected chi connectivity index (χ4v) is 4.06. The van der Waals surface area contributed by atoms with Gasteiger partial charge in [0.2, 0.25) is 0 Å². The third kappa shape index (κ3) is 4.77. The summed E-state index contributed by atoms with van der Waals surface area (Å²) in [5.74, 6) is -0.863. The summed E-state index contributed by atoms with van der Waals surface area (Å²) in [7, 11) is 0. The van der Waals surface area contributed by atoms with Gasteiger partial charge in [0.25, 0.3) is 11.8 Å². The van der Waals surface area contributed by atoms with Gasteiger partial charge >= 0.3 is 5.97 Å². The highest BCUT2D eigenvalue weighted by Crippen LogP contribution is 2.34. The maximum atomic E-state index is 12.9. The molecule has 2 aromatic carbocycles. The number of hydrogen-bond acceptors (Lipinski definition) is 8. The number of carbonyl (C=O) groups excluding carboxylic acids is 2. The number of carbonyl (C=O) groups is 3. The lowest BCUT2D eigenvalue weighted by atomic mass is 10.1. The molecule has 0 atom stereocenters. The molecule has 1 aliphatic rings. The Kier molecular flexibility index (Phi) is 6.39. The molecule has 188 valence electrons. The number of aromatic amines is 1. The summed E-state index contributed by atoms with van der Waals surface area (Å²) in [4.78, 5) is 47.0. The number of para-hydroxylation sites is 1. The fraction of sp³-hybridized carbons (Fsp3) is 0.160. The van der Waals surface area contributed by atoms with Crippen molar-refractivity contribution in [3.8, 4) is 11.5 Å². The summed E-state index contributed by atoms with van der Waals surface area (Å²) in [6, 6.07) is 10.9. The monoisotopic (exact) mass is 502 g/mol. The van der Waals surface area contributed by atoms with Gasteiger partial charge in [0.05, 0.1) is 11.2 Å². The predicted molar refractivity (Wildman–Crippen MR) is 131 cm³/mol. The van der Waals surface area contributed by atoms with Gasteiger partial charge in [-0.1, -0.05) is 18.2 Å². The zero-order valence-electron chi connectivity index (χ0n) is 19.4. The average Bonchev–Trinajstić information content (AvgIpc) is 3.35. The van der Waals surface area contributed by atoms with Gasteiger partial charge in [0, 0.05) is 30.4 Å². The van der Waals surface area contributed by atoms with Gasteiger partial charge < -0.3 is 35.9 Å². The lowest BCUT2D eigenvalue weighted by Gasteiger charge is -2.22. The molecule has 3 heterocycles. The van der Waals surface area contributed by atoms with Crippen LogP contribution >= 0.6 is 0 Å². The molecule has 6 N–H and O–H groups in total. The third-order valence-electron chi connectivity index (χ3n) is 5.78. The van der Waals surface area contributed by atoms with Crippen LogP contribution in [0.25, 0.3) is 11.0 Å². The normalized spacial score (nSPS) is 12.4. The lowest BCUT2D eigenvalue weighted by Crippen LogP contribution is -2.27. The van der Waals surface area contributed by atoms with Crippen molar-refractivity contribution in [3.63, 3.8) is 0 Å². The predicted octanol–water partition coefficient (Wildman–Crippen LogP) is 1.95. The number of benzene rings is 2. The number of rotatable bonds is 8. The second-order valence-corrected chi connectivity index (χ2v) is 8.21. The van der Waals surface area contributed by atoms with Gasteiger partial charge in [-0.3, -0.25) is 9.59 Å². The highest BCUT2D eigenvalue weighted by molar-refractivity contribution is 6.08. The molecule has 0 saturated heterocycles. The standard InChI is InChI=1S/C25H22N6O6/c26-7-14-3-1-2-4-18(14)36-10-15-5-13(6-17-23(15)37-11-19(32)31-17)8-28-24(33)22-21-20(29-12-30-22)16(9-27-21)25(34)35/h1-6,9,12,27H,7-8,10-11,26H2,(H,28,33)(H,31,32)(H,34,35). The number of aromatic nitrogens is 3. The Morgan fingerprint density at radius 3 is 2.84 bits per heavy atom. The number of H-pyrrole nitrogens is 1. The maximum absolute atomic E-state index is 12.9. The SMILES string of the molecule is NCc1ccccc1OCc1cc(CNC(=O)c2ncnc3c(C(=O)O)c[nH]c23)cc2c1OCC(=O)N2. The minimum absolute atomic E-state index is 0.00837. The van der Waals surface area contributed by atoms with Crippen molar-refractivity contribution in [1.29, 1.82) is 0 Å². The van der Waals surface area contributed by atoms with Gasteiger partial charge in [-0.05, 0) is 23.8 Å². The number of fused-ring (bicyclic) bond motifs is 2. The Balaban J connectivity index is 1.38. The quantitative estimate of drug-likeness (QED) is 0.240. The van der Waals surface area contributed by atoms with Crippen molar-refractivity contribution in [1.82, 2.24) is 20.3 Å². The first kappa shape index (κ1) is 23.8. The van der Waals surface area contributed by atoms with Crippen LogP contribution in [-0.2, 0) is 24.5 Å². The van der Waals surface area contributed by atoms with E-state index in [9.17, 15) is 19.5 Å². The Bertz CT molecular complexity index is 1530. The zero-order valence-corrected chi connectivity index (χ0v) is 19.4. The first-order chi connectivity index (χ1) is 17.9. The van der Waals surface area contributed by atoms with E-state index >= 15 is 0 Å². The van der Waals surface area contributed by atoms with E-state index in [1.807, 2.05) is 30.3 Å². The third-order valence-corrected chi connectivity index (χ3v) is 5.78. The summed E-state index contributed by atoms with van der Waals surface area (Å²) in [6.45, 7) is 0.433. The molecule has 0 unspecified atom stereocenters. The maximum Gasteiger partial charge on any atom is 0.339 e. The number of nitrogens with zero attached hydrogens (tertiary/aromatic N) is 2. The smallest absolute Gasteiger partial charge is 0.339 e. The molecule has 0 fully saturated rings. The number of anilines is 1. The highest BCUT2D eigenvalue weighted by Gasteiger charge is 2.22. The molecule has 37 heavy (non-hydrogen) atoms. The van der Waals surface area contributed by atoms with E-state index in [4.69, 9.17) is 15.2 Å². The van der Waals surface area contributed by atoms with Crippen LogP contribution in [0.1, 0.15) is 37.5 Å². The fourth-order valence-electron chi connectivity index (χ4n) is 4.06. The van der Waals surface area contributed by atoms with E-state index in [2.05, 4.69) is 25.6 Å². The van der Waals surface area contributed by atoms with E-state index in [0.717, 1.165) is 11.9 Å². The molecule has 0 radical (unpaired) electrons. The molecule has 1 aliphatic heterocycles. The summed E-state index contributed by atoms with van der Waals surface area (Å²) in [5, 5.41) is 14.9. The lowest BCUT2D eigenvalue weighted by molar-refractivity contribution is -0.118. The summed E-state index contributed by atoms with van der Waals surface area (Å²) >= 11 is 0. The van der Waals surface area contributed by atoms with Crippen molar-refractivity contribution in [2.24, 2.45) is 5.73 Å². The molecule has 0 bridgehead atoms. The second kappa shape index (κ2) is 9.95. The molecule has 2 aromatic heterocycles. The summed E-state index contributed by atoms with van der Waals surface area (Å²) < 4.78 is 11.7. The molecular formula is C25H22N6O6. The van der Waals surface area contributed by atoms with E-state index < -0.39 is 11.9 Å². The largest absolute Gasteiger partial charge is 0.488 e. The molecular weight excluding hydrogens is 480 g/mol. The van der Waals surface area contributed by atoms with Crippen molar-refractivity contribution in [2.75, 3.05) is 11.9 Å². The molecule has 0 saturated carbocycles. The zero-order chi connectivity index (χ0) is 25.9. The van der Waals surface area contributed by atoms with E-state index in [1.165, 1.54) is 6.20 Å². The van der Waals surface area contributed by atoms with Crippen molar-refractivity contribution in [2.45, 2.75) is 19.7 Å². The topological polar surface area (TPSA) is 182 Å². The molecule has 0 spiro atoms. The van der Waals surface area contributed by atoms with Crippen LogP contribution in [0.3, 0.4) is 0 Å². The van der Waals surface area contributed by atoms with Crippen LogP contribution in [0.5, 0.6) is 11.5 Å². The van der Waals surface area contributed by atoms with Crippen LogP contribution in [0, 0.1) is 0 Å². The van der Waals surface area contributed by atoms with E-state index in [1.54, 1.807) is 6.07 Å². The first-order valence-electron chi connectivity index (χ1n) is 11.3. The van der Waals surface area contributed by atoms with Gasteiger partial charge in [-0.25, -0.2) is 14.8 Å². The number of ether oxygens (including phenoxy) is 2. The average molecular weight is 502 g/mol. The Hall–Kier alpha value is -4.97. The molecule has 12 nitrogen and oxygen atoms in total. The Labute approximate surface area is 209 Å². The van der Waals surface area contributed by atoms with Gasteiger partial charge in [0.15, 0.2) is 12.3 Å². The summed E-state index contributed by atoms with van der Waals surface area (Å²) in [5.41, 5.74) is 8.77. The van der Waals surface area contributed by atoms with Gasteiger partial charge in [0.1, 0.15) is 35.5 Å². The Morgan fingerprint density at radius 1 is 1.19 bits per heavy atom. The van der Waals surface area contributed by atoms with Crippen LogP contribution in [-0.4, -0.2) is 44.4 Å². The number of aromatic carboxylic acids is 1. The van der Waals surface area contributed by atoms with Crippen LogP contribution in [0.4, 0.5) is 5.69 Å². The first-order valence-corrected chi connectivity index (χ1v) is 11.3. The van der Waals surface area contributed by atoms with Crippen molar-refractivity contribution >= 4 is 34.5 Å². The minimum Gasteiger partial charge on any atom is -0.488 e. The van der Waals surface area contributed by atoms with Gasteiger partial charge in [-0.2, -0.15) is 0 Å². The number of hydrogen-bond donors (Lipinski definition) is 5. The number of nitrogens with two attached hydrogens (primary N) is 1. The van der Waals surface area contributed by atoms with E-state index in [0.29, 0.717) is 34.9 Å². The molecule has 2 amide bonds. The van der Waals surface area contributed by atoms with Crippen molar-refractivity contribution < 1.29 is 29.0 Å². The number of carboxylic acid groups (broad SMARTS) is 1. The van der Waals surface area contributed by atoms with E-state index in [-0.39, 0.29) is 48.0 Å².